The molecule has 0 saturated heterocycles. The molecule has 0 bridgehead atoms. The Kier molecular flexibility index (Phi) is 11.3. The minimum absolute atomic E-state index is 0. The van der Waals surface area contributed by atoms with Crippen LogP contribution in [0.3, 0.4) is 0 Å². The molecule has 0 radical (unpaired) electrons. The van der Waals surface area contributed by atoms with E-state index in [1.54, 1.807) is 18.2 Å². The molecule has 0 atom stereocenters. The predicted molar refractivity (Wildman–Crippen MR) is 140 cm³/mol. The van der Waals surface area contributed by atoms with E-state index in [1.165, 1.54) is 27.3 Å². The van der Waals surface area contributed by atoms with Crippen molar-refractivity contribution in [1.29, 1.82) is 0 Å². The van der Waals surface area contributed by atoms with Crippen molar-refractivity contribution in [2.45, 2.75) is 37.5 Å². The van der Waals surface area contributed by atoms with Crippen LogP contribution < -0.4 is 24.8 Å². The monoisotopic (exact) mass is 517 g/mol. The molecule has 0 aliphatic carbocycles. The van der Waals surface area contributed by atoms with Crippen LogP contribution in [0.25, 0.3) is 0 Å². The molecule has 8 nitrogen and oxygen atoms in total. The Morgan fingerprint density at radius 1 is 1.03 bits per heavy atom. The van der Waals surface area contributed by atoms with E-state index < -0.39 is 10.0 Å². The summed E-state index contributed by atoms with van der Waals surface area (Å²) in [6.07, 6.45) is 0.413. The van der Waals surface area contributed by atoms with Crippen molar-refractivity contribution in [3.63, 3.8) is 0 Å². The molecule has 0 heterocycles. The number of ether oxygens (including phenoxy) is 2. The fourth-order valence-corrected chi connectivity index (χ4v) is 4.59. The van der Waals surface area contributed by atoms with E-state index in [1.807, 2.05) is 12.1 Å². The van der Waals surface area contributed by atoms with Gasteiger partial charge in [0.1, 0.15) is 16.4 Å². The molecule has 3 N–H and O–H groups in total. The molecule has 2 rings (SSSR count). The Bertz CT molecular complexity index is 1130. The van der Waals surface area contributed by atoms with E-state index in [0.29, 0.717) is 29.8 Å². The first kappa shape index (κ1) is 30.2. The van der Waals surface area contributed by atoms with Gasteiger partial charge in [-0.3, -0.25) is 9.52 Å². The van der Waals surface area contributed by atoms with E-state index in [9.17, 15) is 13.2 Å². The molecule has 0 saturated carbocycles. The number of benzene rings is 2. The van der Waals surface area contributed by atoms with Gasteiger partial charge < -0.3 is 20.1 Å². The van der Waals surface area contributed by atoms with Gasteiger partial charge >= 0.3 is 29.6 Å². The summed E-state index contributed by atoms with van der Waals surface area (Å²) >= 11 is 4.91. The van der Waals surface area contributed by atoms with Gasteiger partial charge in [0.15, 0.2) is 5.11 Å². The molecule has 0 aliphatic rings. The number of methoxy groups -OCH3 is 2. The van der Waals surface area contributed by atoms with Gasteiger partial charge in [-0.25, -0.2) is 8.42 Å². The third kappa shape index (κ3) is 7.84. The summed E-state index contributed by atoms with van der Waals surface area (Å²) in [6.45, 7) is 6.52. The molecular weight excluding hydrogens is 485 g/mol. The summed E-state index contributed by atoms with van der Waals surface area (Å²) in [5.41, 5.74) is 2.07. The molecule has 182 valence electrons. The van der Waals surface area contributed by atoms with E-state index in [0.717, 1.165) is 5.56 Å². The first-order chi connectivity index (χ1) is 15.4. The maximum atomic E-state index is 12.8. The molecule has 11 heteroatoms. The average molecular weight is 518 g/mol. The third-order valence-corrected chi connectivity index (χ3v) is 6.79. The second-order valence-electron chi connectivity index (χ2n) is 8.34. The topological polar surface area (TPSA) is 106 Å². The molecule has 34 heavy (non-hydrogen) atoms. The van der Waals surface area contributed by atoms with Gasteiger partial charge in [0.25, 0.3) is 15.9 Å². The molecule has 0 spiro atoms. The van der Waals surface area contributed by atoms with Crippen LogP contribution in [0, 0.1) is 0 Å². The van der Waals surface area contributed by atoms with Gasteiger partial charge in [0.05, 0.1) is 19.8 Å². The first-order valence-corrected chi connectivity index (χ1v) is 12.2. The van der Waals surface area contributed by atoms with Gasteiger partial charge in [0, 0.05) is 13.6 Å². The molecule has 2 aromatic carbocycles. The number of hydrogen-bond acceptors (Lipinski definition) is 6. The van der Waals surface area contributed by atoms with Crippen LogP contribution in [0.2, 0.25) is 0 Å². The minimum atomic E-state index is -3.93. The summed E-state index contributed by atoms with van der Waals surface area (Å²) in [7, 11) is 0.506. The van der Waals surface area contributed by atoms with Crippen molar-refractivity contribution in [1.82, 2.24) is 15.4 Å². The second kappa shape index (κ2) is 12.7. The first-order valence-electron chi connectivity index (χ1n) is 10.3. The standard InChI is InChI=1S/C23H31N3O5S2.Na.H/c1-23(2,3)16-8-10-18(30-5)17(14-16)21(27)25-12-11-15-7-9-19(31-6)20(13-15)33(28,29)26-22(32)24-4;;/h7-10,13-14H,11-12H2,1-6H3,(H,25,27)(H2,24,26,32);;. The zero-order chi connectivity index (χ0) is 24.8. The Hall–Kier alpha value is -1.85. The van der Waals surface area contributed by atoms with Gasteiger partial charge in [0.2, 0.25) is 0 Å². The third-order valence-electron chi connectivity index (χ3n) is 4.98. The zero-order valence-electron chi connectivity index (χ0n) is 19.7. The predicted octanol–water partition coefficient (Wildman–Crippen LogP) is 2.11. The van der Waals surface area contributed by atoms with Crippen LogP contribution in [0.15, 0.2) is 41.3 Å². The van der Waals surface area contributed by atoms with E-state index in [2.05, 4.69) is 36.1 Å². The van der Waals surface area contributed by atoms with Gasteiger partial charge in [-0.15, -0.1) is 0 Å². The average Bonchev–Trinajstić information content (AvgIpc) is 2.77. The second-order valence-corrected chi connectivity index (χ2v) is 10.4. The number of nitrogens with one attached hydrogen (secondary N) is 3. The van der Waals surface area contributed by atoms with Crippen molar-refractivity contribution in [3.8, 4) is 11.5 Å². The maximum absolute atomic E-state index is 12.8. The number of rotatable bonds is 8. The Labute approximate surface area is 229 Å². The van der Waals surface area contributed by atoms with Crippen molar-refractivity contribution < 1.29 is 22.7 Å². The van der Waals surface area contributed by atoms with Crippen LogP contribution in [-0.2, 0) is 21.9 Å². The van der Waals surface area contributed by atoms with Crippen LogP contribution in [0.4, 0.5) is 0 Å². The SMILES string of the molecule is CNC(=S)NS(=O)(=O)c1cc(CCNC(=O)c2cc(C(C)(C)C)ccc2OC)ccc1OC.[NaH]. The number of thiocarbonyl (C=S) groups is 1. The van der Waals surface area contributed by atoms with Gasteiger partial charge in [-0.1, -0.05) is 32.9 Å². The number of carbonyl (C=O) groups is 1. The normalized spacial score (nSPS) is 11.1. The van der Waals surface area contributed by atoms with Gasteiger partial charge in [-0.05, 0) is 59.4 Å². The molecule has 0 aliphatic heterocycles. The summed E-state index contributed by atoms with van der Waals surface area (Å²) in [5.74, 6) is 0.420. The number of hydrogen-bond donors (Lipinski definition) is 3. The Morgan fingerprint density at radius 2 is 1.65 bits per heavy atom. The summed E-state index contributed by atoms with van der Waals surface area (Å²) in [5, 5.41) is 5.43. The van der Waals surface area contributed by atoms with Crippen LogP contribution in [0.1, 0.15) is 42.3 Å². The van der Waals surface area contributed by atoms with Crippen LogP contribution >= 0.6 is 12.2 Å². The van der Waals surface area contributed by atoms with Crippen molar-refractivity contribution in [3.05, 3.63) is 53.1 Å². The summed E-state index contributed by atoms with van der Waals surface area (Å²) in [6, 6.07) is 10.4. The van der Waals surface area contributed by atoms with E-state index >= 15 is 0 Å². The summed E-state index contributed by atoms with van der Waals surface area (Å²) < 4.78 is 38.2. The van der Waals surface area contributed by atoms with E-state index in [4.69, 9.17) is 21.7 Å². The Morgan fingerprint density at radius 3 is 2.21 bits per heavy atom. The molecular formula is C23H32N3NaO5S2. The fourth-order valence-electron chi connectivity index (χ4n) is 3.08. The van der Waals surface area contributed by atoms with Crippen molar-refractivity contribution >= 4 is 62.8 Å². The summed E-state index contributed by atoms with van der Waals surface area (Å²) in [4.78, 5) is 12.8. The molecule has 2 aromatic rings. The molecule has 0 unspecified atom stereocenters. The van der Waals surface area contributed by atoms with Crippen LogP contribution in [-0.4, -0.2) is 76.8 Å². The number of carbonyl (C=O) groups excluding carboxylic acids is 1. The van der Waals surface area contributed by atoms with Crippen molar-refractivity contribution in [2.75, 3.05) is 27.8 Å². The number of sulfonamides is 1. The zero-order valence-corrected chi connectivity index (χ0v) is 21.4. The fraction of sp³-hybridized carbons (Fsp3) is 0.391. The number of amides is 1. The molecule has 0 aromatic heterocycles. The van der Waals surface area contributed by atoms with Gasteiger partial charge in [-0.2, -0.15) is 0 Å². The van der Waals surface area contributed by atoms with Crippen LogP contribution in [0.5, 0.6) is 11.5 Å². The molecule has 0 fully saturated rings. The quantitative estimate of drug-likeness (QED) is 0.364. The molecule has 1 amide bonds. The van der Waals surface area contributed by atoms with Crippen molar-refractivity contribution in [2.24, 2.45) is 0 Å². The Balaban J connectivity index is 0.00000578. The van der Waals surface area contributed by atoms with E-state index in [-0.39, 0.29) is 56.6 Å².